The Kier molecular flexibility index (Phi) is 4.30. The van der Waals surface area contributed by atoms with E-state index in [4.69, 9.17) is 20.3 Å². The highest BCUT2D eigenvalue weighted by molar-refractivity contribution is 9.10. The number of carbonyl (C=O) groups is 1. The summed E-state index contributed by atoms with van der Waals surface area (Å²) >= 11 is 3.07. The van der Waals surface area contributed by atoms with Crippen molar-refractivity contribution in [3.8, 4) is 11.5 Å². The summed E-state index contributed by atoms with van der Waals surface area (Å²) in [7, 11) is 2.52. The van der Waals surface area contributed by atoms with E-state index in [-0.39, 0.29) is 21.5 Å². The lowest BCUT2D eigenvalue weighted by atomic mass is 10.1. The Morgan fingerprint density at radius 2 is 2.00 bits per heavy atom. The van der Waals surface area contributed by atoms with E-state index in [0.29, 0.717) is 0 Å². The maximum atomic E-state index is 13.9. The highest BCUT2D eigenvalue weighted by atomic mass is 79.9. The summed E-state index contributed by atoms with van der Waals surface area (Å²) < 4.78 is 23.8. The third kappa shape index (κ3) is 2.50. The van der Waals surface area contributed by atoms with Crippen molar-refractivity contribution in [2.24, 2.45) is 5.73 Å². The third-order valence-corrected chi connectivity index (χ3v) is 2.76. The van der Waals surface area contributed by atoms with Crippen molar-refractivity contribution in [2.45, 2.75) is 6.04 Å². The number of methoxy groups -OCH3 is 2. The van der Waals surface area contributed by atoms with E-state index in [1.165, 1.54) is 20.3 Å². The van der Waals surface area contributed by atoms with Gasteiger partial charge in [0.1, 0.15) is 6.04 Å². The fraction of sp³-hybridized carbons (Fsp3) is 0.300. The van der Waals surface area contributed by atoms with E-state index in [1.54, 1.807) is 0 Å². The predicted molar refractivity (Wildman–Crippen MR) is 61.8 cm³/mol. The van der Waals surface area contributed by atoms with Gasteiger partial charge in [0.25, 0.3) is 0 Å². The highest BCUT2D eigenvalue weighted by Gasteiger charge is 2.25. The van der Waals surface area contributed by atoms with Crippen LogP contribution in [-0.2, 0) is 4.79 Å². The first-order valence-corrected chi connectivity index (χ1v) is 5.31. The molecule has 94 valence electrons. The molecule has 1 aromatic rings. The number of ether oxygens (including phenoxy) is 2. The minimum absolute atomic E-state index is 0.0326. The lowest BCUT2D eigenvalue weighted by Crippen LogP contribution is -2.22. The van der Waals surface area contributed by atoms with Gasteiger partial charge >= 0.3 is 5.97 Å². The van der Waals surface area contributed by atoms with Crippen molar-refractivity contribution in [3.63, 3.8) is 0 Å². The van der Waals surface area contributed by atoms with Gasteiger partial charge in [-0.05, 0) is 22.0 Å². The van der Waals surface area contributed by atoms with Crippen LogP contribution in [0.1, 0.15) is 11.6 Å². The summed E-state index contributed by atoms with van der Waals surface area (Å²) in [6.45, 7) is 0. The van der Waals surface area contributed by atoms with Crippen LogP contribution in [0.25, 0.3) is 0 Å². The second-order valence-corrected chi connectivity index (χ2v) is 4.00. The van der Waals surface area contributed by atoms with Gasteiger partial charge in [0, 0.05) is 5.56 Å². The van der Waals surface area contributed by atoms with Gasteiger partial charge in [-0.3, -0.25) is 4.79 Å². The van der Waals surface area contributed by atoms with Gasteiger partial charge in [0.15, 0.2) is 11.5 Å². The van der Waals surface area contributed by atoms with Gasteiger partial charge in [-0.1, -0.05) is 0 Å². The average molecular weight is 308 g/mol. The molecule has 3 N–H and O–H groups in total. The van der Waals surface area contributed by atoms with Crippen molar-refractivity contribution in [1.29, 1.82) is 0 Å². The number of carboxylic acid groups (broad SMARTS) is 1. The van der Waals surface area contributed by atoms with E-state index in [1.807, 2.05) is 0 Å². The lowest BCUT2D eigenvalue weighted by Gasteiger charge is -2.16. The summed E-state index contributed by atoms with van der Waals surface area (Å²) in [4.78, 5) is 10.8. The van der Waals surface area contributed by atoms with Crippen molar-refractivity contribution in [3.05, 3.63) is 21.9 Å². The molecule has 1 unspecified atom stereocenters. The molecule has 0 aliphatic rings. The van der Waals surface area contributed by atoms with E-state index in [0.717, 1.165) is 0 Å². The molecule has 0 saturated heterocycles. The van der Waals surface area contributed by atoms with Crippen molar-refractivity contribution >= 4 is 21.9 Å². The van der Waals surface area contributed by atoms with Crippen LogP contribution in [0.2, 0.25) is 0 Å². The normalized spacial score (nSPS) is 12.1. The number of hydrogen-bond acceptors (Lipinski definition) is 4. The maximum absolute atomic E-state index is 13.9. The molecule has 0 radical (unpaired) electrons. The number of rotatable bonds is 4. The molecule has 0 heterocycles. The fourth-order valence-corrected chi connectivity index (χ4v) is 1.94. The van der Waals surface area contributed by atoms with Gasteiger partial charge in [0.05, 0.1) is 18.7 Å². The third-order valence-electron chi connectivity index (χ3n) is 2.17. The van der Waals surface area contributed by atoms with Crippen LogP contribution < -0.4 is 15.2 Å². The van der Waals surface area contributed by atoms with Gasteiger partial charge in [-0.25, -0.2) is 0 Å². The van der Waals surface area contributed by atoms with Crippen LogP contribution in [0.15, 0.2) is 10.5 Å². The number of aliphatic carboxylic acids is 1. The SMILES string of the molecule is COc1c(Br)cc(C(N)C(=O)O)c(OC)c1F. The molecule has 0 amide bonds. The standard InChI is InChI=1S/C10H11BrFNO4/c1-16-8-4(7(13)10(14)15)3-5(11)9(17-2)6(8)12/h3,7H,13H2,1-2H3,(H,14,15). The van der Waals surface area contributed by atoms with Crippen LogP contribution in [0.5, 0.6) is 11.5 Å². The van der Waals surface area contributed by atoms with Crippen LogP contribution in [-0.4, -0.2) is 25.3 Å². The Labute approximate surface area is 105 Å². The Hall–Kier alpha value is -1.34. The number of nitrogens with two attached hydrogens (primary N) is 1. The largest absolute Gasteiger partial charge is 0.493 e. The molecule has 0 aliphatic heterocycles. The summed E-state index contributed by atoms with van der Waals surface area (Å²) in [6, 6.07) is -0.0128. The lowest BCUT2D eigenvalue weighted by molar-refractivity contribution is -0.138. The first-order valence-electron chi connectivity index (χ1n) is 4.52. The smallest absolute Gasteiger partial charge is 0.325 e. The monoisotopic (exact) mass is 307 g/mol. The zero-order chi connectivity index (χ0) is 13.2. The van der Waals surface area contributed by atoms with Gasteiger partial charge in [0.2, 0.25) is 5.82 Å². The quantitative estimate of drug-likeness (QED) is 0.884. The topological polar surface area (TPSA) is 81.8 Å². The summed E-state index contributed by atoms with van der Waals surface area (Å²) in [5.41, 5.74) is 5.47. The zero-order valence-electron chi connectivity index (χ0n) is 9.16. The summed E-state index contributed by atoms with van der Waals surface area (Å²) in [6.07, 6.45) is 0. The molecule has 0 aliphatic carbocycles. The predicted octanol–water partition coefficient (Wildman–Crippen LogP) is 1.69. The Morgan fingerprint density at radius 3 is 2.41 bits per heavy atom. The number of benzene rings is 1. The number of halogens is 2. The molecule has 0 fully saturated rings. The Balaban J connectivity index is 3.46. The van der Waals surface area contributed by atoms with Gasteiger partial charge in [-0.2, -0.15) is 4.39 Å². The molecular weight excluding hydrogens is 297 g/mol. The second-order valence-electron chi connectivity index (χ2n) is 3.14. The number of hydrogen-bond donors (Lipinski definition) is 2. The average Bonchev–Trinajstić information content (AvgIpc) is 2.27. The van der Waals surface area contributed by atoms with Crippen molar-refractivity contribution < 1.29 is 23.8 Å². The van der Waals surface area contributed by atoms with Crippen LogP contribution in [0.4, 0.5) is 4.39 Å². The van der Waals surface area contributed by atoms with Crippen LogP contribution in [0.3, 0.4) is 0 Å². The molecule has 0 aromatic heterocycles. The maximum Gasteiger partial charge on any atom is 0.325 e. The van der Waals surface area contributed by atoms with Gasteiger partial charge < -0.3 is 20.3 Å². The van der Waals surface area contributed by atoms with E-state index < -0.39 is 17.8 Å². The Bertz CT molecular complexity index is 452. The molecular formula is C10H11BrFNO4. The van der Waals surface area contributed by atoms with Crippen LogP contribution in [0, 0.1) is 5.82 Å². The second kappa shape index (κ2) is 5.33. The molecule has 5 nitrogen and oxygen atoms in total. The van der Waals surface area contributed by atoms with Crippen molar-refractivity contribution in [1.82, 2.24) is 0 Å². The highest BCUT2D eigenvalue weighted by Crippen LogP contribution is 2.39. The Morgan fingerprint density at radius 1 is 1.47 bits per heavy atom. The molecule has 0 spiro atoms. The summed E-state index contributed by atoms with van der Waals surface area (Å²) in [5, 5.41) is 8.81. The molecule has 0 bridgehead atoms. The van der Waals surface area contributed by atoms with E-state index in [9.17, 15) is 9.18 Å². The minimum Gasteiger partial charge on any atom is -0.493 e. The molecule has 1 rings (SSSR count). The molecule has 1 aromatic carbocycles. The molecule has 17 heavy (non-hydrogen) atoms. The van der Waals surface area contributed by atoms with E-state index in [2.05, 4.69) is 15.9 Å². The number of carboxylic acids is 1. The first-order chi connectivity index (χ1) is 7.93. The van der Waals surface area contributed by atoms with Crippen LogP contribution >= 0.6 is 15.9 Å². The van der Waals surface area contributed by atoms with Gasteiger partial charge in [-0.15, -0.1) is 0 Å². The van der Waals surface area contributed by atoms with E-state index >= 15 is 0 Å². The zero-order valence-corrected chi connectivity index (χ0v) is 10.7. The fourth-order valence-electron chi connectivity index (χ4n) is 1.36. The summed E-state index contributed by atoms with van der Waals surface area (Å²) in [5.74, 6) is -2.38. The molecule has 7 heteroatoms. The molecule has 0 saturated carbocycles. The first kappa shape index (κ1) is 13.7. The van der Waals surface area contributed by atoms with Crippen molar-refractivity contribution in [2.75, 3.05) is 14.2 Å². The molecule has 1 atom stereocenters. The minimum atomic E-state index is -1.37.